The summed E-state index contributed by atoms with van der Waals surface area (Å²) in [6.07, 6.45) is 0.0984. The third-order valence-electron chi connectivity index (χ3n) is 3.67. The largest absolute Gasteiger partial charge is 0.493 e. The Balaban J connectivity index is 1.88. The van der Waals surface area contributed by atoms with E-state index in [2.05, 4.69) is 21.2 Å². The number of hydrogen-bond acceptors (Lipinski definition) is 4. The van der Waals surface area contributed by atoms with E-state index in [1.807, 2.05) is 42.5 Å². The Bertz CT molecular complexity index is 706. The highest BCUT2D eigenvalue weighted by atomic mass is 79.9. The molecule has 0 fully saturated rings. The van der Waals surface area contributed by atoms with Crippen LogP contribution in [-0.2, 0) is 11.2 Å². The summed E-state index contributed by atoms with van der Waals surface area (Å²) >= 11 is 3.52. The first-order valence-corrected chi connectivity index (χ1v) is 8.74. The number of methoxy groups -OCH3 is 2. The van der Waals surface area contributed by atoms with Crippen molar-refractivity contribution < 1.29 is 19.0 Å². The molecule has 0 bridgehead atoms. The van der Waals surface area contributed by atoms with E-state index in [4.69, 9.17) is 14.2 Å². The number of halogens is 1. The lowest BCUT2D eigenvalue weighted by molar-refractivity contribution is -0.127. The molecule has 0 radical (unpaired) electrons. The molecule has 0 aliphatic rings. The Morgan fingerprint density at radius 2 is 1.76 bits per heavy atom. The number of ether oxygens (including phenoxy) is 3. The van der Waals surface area contributed by atoms with E-state index >= 15 is 0 Å². The Morgan fingerprint density at radius 1 is 1.12 bits per heavy atom. The summed E-state index contributed by atoms with van der Waals surface area (Å²) in [6.45, 7) is 2.23. The number of carbonyl (C=O) groups is 1. The Labute approximate surface area is 156 Å². The first-order chi connectivity index (χ1) is 12.0. The summed E-state index contributed by atoms with van der Waals surface area (Å²) in [5.74, 6) is 1.84. The standard InChI is InChI=1S/C19H22BrNO4/c1-13(25-15-7-5-4-6-8-15)19(22)21-10-9-14-11-17(23-2)18(24-3)12-16(14)20/h4-8,11-13H,9-10H2,1-3H3,(H,21,22). The first-order valence-electron chi connectivity index (χ1n) is 7.95. The van der Waals surface area contributed by atoms with Crippen LogP contribution in [0.3, 0.4) is 0 Å². The van der Waals surface area contributed by atoms with Crippen LogP contribution < -0.4 is 19.5 Å². The van der Waals surface area contributed by atoms with Gasteiger partial charge in [-0.2, -0.15) is 0 Å². The molecule has 0 heterocycles. The summed E-state index contributed by atoms with van der Waals surface area (Å²) in [6, 6.07) is 13.0. The van der Waals surface area contributed by atoms with Gasteiger partial charge < -0.3 is 19.5 Å². The molecule has 134 valence electrons. The van der Waals surface area contributed by atoms with Crippen molar-refractivity contribution in [1.29, 1.82) is 0 Å². The van der Waals surface area contributed by atoms with Crippen molar-refractivity contribution in [1.82, 2.24) is 5.32 Å². The molecule has 0 spiro atoms. The van der Waals surface area contributed by atoms with Crippen molar-refractivity contribution in [2.24, 2.45) is 0 Å². The van der Waals surface area contributed by atoms with Gasteiger partial charge in [-0.3, -0.25) is 4.79 Å². The van der Waals surface area contributed by atoms with Gasteiger partial charge in [-0.25, -0.2) is 0 Å². The van der Waals surface area contributed by atoms with E-state index in [1.54, 1.807) is 21.1 Å². The number of rotatable bonds is 8. The molecule has 2 rings (SSSR count). The lowest BCUT2D eigenvalue weighted by atomic mass is 10.1. The molecule has 0 aliphatic carbocycles. The number of carbonyl (C=O) groups excluding carboxylic acids is 1. The Morgan fingerprint density at radius 3 is 2.40 bits per heavy atom. The fraction of sp³-hybridized carbons (Fsp3) is 0.316. The quantitative estimate of drug-likeness (QED) is 0.726. The van der Waals surface area contributed by atoms with Crippen LogP contribution in [0.25, 0.3) is 0 Å². The zero-order valence-corrected chi connectivity index (χ0v) is 16.1. The third-order valence-corrected chi connectivity index (χ3v) is 4.41. The zero-order valence-electron chi connectivity index (χ0n) is 14.5. The van der Waals surface area contributed by atoms with Gasteiger partial charge >= 0.3 is 0 Å². The van der Waals surface area contributed by atoms with Crippen LogP contribution in [-0.4, -0.2) is 32.8 Å². The van der Waals surface area contributed by atoms with Crippen molar-refractivity contribution in [3.05, 3.63) is 52.5 Å². The van der Waals surface area contributed by atoms with E-state index in [-0.39, 0.29) is 5.91 Å². The van der Waals surface area contributed by atoms with Crippen molar-refractivity contribution >= 4 is 21.8 Å². The zero-order chi connectivity index (χ0) is 18.2. The molecule has 2 aromatic carbocycles. The number of para-hydroxylation sites is 1. The van der Waals surface area contributed by atoms with Crippen LogP contribution in [0.5, 0.6) is 17.2 Å². The molecule has 25 heavy (non-hydrogen) atoms. The molecular formula is C19H22BrNO4. The van der Waals surface area contributed by atoms with Gasteiger partial charge in [0.1, 0.15) is 5.75 Å². The van der Waals surface area contributed by atoms with E-state index in [0.717, 1.165) is 10.0 Å². The minimum Gasteiger partial charge on any atom is -0.493 e. The third kappa shape index (κ3) is 5.39. The molecule has 0 saturated heterocycles. The fourth-order valence-electron chi connectivity index (χ4n) is 2.31. The van der Waals surface area contributed by atoms with E-state index in [1.165, 1.54) is 0 Å². The summed E-state index contributed by atoms with van der Waals surface area (Å²) in [5, 5.41) is 2.89. The lowest BCUT2D eigenvalue weighted by Crippen LogP contribution is -2.37. The van der Waals surface area contributed by atoms with Crippen LogP contribution in [0, 0.1) is 0 Å². The van der Waals surface area contributed by atoms with Gasteiger partial charge in [-0.15, -0.1) is 0 Å². The number of hydrogen-bond donors (Lipinski definition) is 1. The molecule has 2 aromatic rings. The van der Waals surface area contributed by atoms with Crippen molar-refractivity contribution in [3.63, 3.8) is 0 Å². The highest BCUT2D eigenvalue weighted by Crippen LogP contribution is 2.33. The maximum atomic E-state index is 12.2. The van der Waals surface area contributed by atoms with Gasteiger partial charge in [-0.05, 0) is 43.2 Å². The summed E-state index contributed by atoms with van der Waals surface area (Å²) < 4.78 is 17.1. The fourth-order valence-corrected chi connectivity index (χ4v) is 2.83. The minimum absolute atomic E-state index is 0.152. The second-order valence-electron chi connectivity index (χ2n) is 5.41. The van der Waals surface area contributed by atoms with Gasteiger partial charge in [0.25, 0.3) is 5.91 Å². The minimum atomic E-state index is -0.559. The molecule has 0 aliphatic heterocycles. The molecule has 0 saturated carbocycles. The maximum Gasteiger partial charge on any atom is 0.260 e. The molecular weight excluding hydrogens is 386 g/mol. The van der Waals surface area contributed by atoms with Crippen LogP contribution in [0.4, 0.5) is 0 Å². The van der Waals surface area contributed by atoms with Crippen molar-refractivity contribution in [2.75, 3.05) is 20.8 Å². The average Bonchev–Trinajstić information content (AvgIpc) is 2.63. The highest BCUT2D eigenvalue weighted by molar-refractivity contribution is 9.10. The van der Waals surface area contributed by atoms with Gasteiger partial charge in [0.2, 0.25) is 0 Å². The second kappa shape index (κ2) is 9.32. The van der Waals surface area contributed by atoms with Crippen molar-refractivity contribution in [3.8, 4) is 17.2 Å². The van der Waals surface area contributed by atoms with E-state index in [9.17, 15) is 4.79 Å². The monoisotopic (exact) mass is 407 g/mol. The molecule has 6 heteroatoms. The maximum absolute atomic E-state index is 12.2. The molecule has 1 N–H and O–H groups in total. The highest BCUT2D eigenvalue weighted by Gasteiger charge is 2.15. The summed E-state index contributed by atoms with van der Waals surface area (Å²) in [5.41, 5.74) is 1.02. The molecule has 1 unspecified atom stereocenters. The number of benzene rings is 2. The SMILES string of the molecule is COc1cc(Br)c(CCNC(=O)C(C)Oc2ccccc2)cc1OC. The Kier molecular flexibility index (Phi) is 7.13. The molecule has 0 aromatic heterocycles. The number of amides is 1. The average molecular weight is 408 g/mol. The second-order valence-corrected chi connectivity index (χ2v) is 6.27. The van der Waals surface area contributed by atoms with Crippen molar-refractivity contribution in [2.45, 2.75) is 19.4 Å². The van der Waals surface area contributed by atoms with Crippen LogP contribution in [0.1, 0.15) is 12.5 Å². The van der Waals surface area contributed by atoms with Gasteiger partial charge in [0.15, 0.2) is 17.6 Å². The van der Waals surface area contributed by atoms with Crippen LogP contribution in [0.15, 0.2) is 46.9 Å². The Hall–Kier alpha value is -2.21. The van der Waals surface area contributed by atoms with E-state index in [0.29, 0.717) is 30.2 Å². The summed E-state index contributed by atoms with van der Waals surface area (Å²) in [7, 11) is 3.19. The summed E-state index contributed by atoms with van der Waals surface area (Å²) in [4.78, 5) is 12.2. The van der Waals surface area contributed by atoms with Crippen LogP contribution in [0.2, 0.25) is 0 Å². The van der Waals surface area contributed by atoms with Gasteiger partial charge in [-0.1, -0.05) is 34.1 Å². The predicted octanol–water partition coefficient (Wildman–Crippen LogP) is 3.59. The van der Waals surface area contributed by atoms with Crippen LogP contribution >= 0.6 is 15.9 Å². The van der Waals surface area contributed by atoms with E-state index < -0.39 is 6.10 Å². The topological polar surface area (TPSA) is 56.8 Å². The normalized spacial score (nSPS) is 11.5. The predicted molar refractivity (Wildman–Crippen MR) is 100 cm³/mol. The molecule has 5 nitrogen and oxygen atoms in total. The lowest BCUT2D eigenvalue weighted by Gasteiger charge is -2.15. The van der Waals surface area contributed by atoms with Gasteiger partial charge in [0.05, 0.1) is 14.2 Å². The van der Waals surface area contributed by atoms with Gasteiger partial charge in [0, 0.05) is 11.0 Å². The number of nitrogens with one attached hydrogen (secondary N) is 1. The smallest absolute Gasteiger partial charge is 0.260 e. The first kappa shape index (κ1) is 19.1. The molecule has 1 amide bonds. The molecule has 1 atom stereocenters.